The second kappa shape index (κ2) is 7.80. The van der Waals surface area contributed by atoms with E-state index in [0.717, 1.165) is 36.0 Å². The molecule has 0 aromatic carbocycles. The lowest BCUT2D eigenvalue weighted by Gasteiger charge is -2.61. The summed E-state index contributed by atoms with van der Waals surface area (Å²) in [7, 11) is 0. The Labute approximate surface area is 180 Å². The molecular formula is C27H48O2. The summed E-state index contributed by atoms with van der Waals surface area (Å²) >= 11 is 0. The zero-order valence-corrected chi connectivity index (χ0v) is 19.9. The molecule has 2 nitrogen and oxygen atoms in total. The molecule has 4 aliphatic rings. The van der Waals surface area contributed by atoms with E-state index in [2.05, 4.69) is 20.8 Å². The van der Waals surface area contributed by atoms with Gasteiger partial charge in [-0.3, -0.25) is 0 Å². The average Bonchev–Trinajstić information content (AvgIpc) is 3.03. The third-order valence-electron chi connectivity index (χ3n) is 11.2. The Morgan fingerprint density at radius 2 is 1.55 bits per heavy atom. The van der Waals surface area contributed by atoms with Gasteiger partial charge in [-0.15, -0.1) is 0 Å². The minimum Gasteiger partial charge on any atom is -0.365 e. The van der Waals surface area contributed by atoms with Crippen LogP contribution in [0, 0.1) is 52.3 Å². The Balaban J connectivity index is 1.46. The van der Waals surface area contributed by atoms with Crippen LogP contribution in [0.15, 0.2) is 0 Å². The number of aliphatic hydroxyl groups is 2. The summed E-state index contributed by atoms with van der Waals surface area (Å²) in [6.07, 6.45) is 16.1. The maximum absolute atomic E-state index is 10.3. The molecule has 168 valence electrons. The van der Waals surface area contributed by atoms with Crippen LogP contribution in [0.3, 0.4) is 0 Å². The van der Waals surface area contributed by atoms with Gasteiger partial charge >= 0.3 is 0 Å². The second-order valence-electron chi connectivity index (χ2n) is 12.7. The summed E-state index contributed by atoms with van der Waals surface area (Å²) in [4.78, 5) is 0. The molecule has 0 saturated heterocycles. The van der Waals surface area contributed by atoms with Crippen molar-refractivity contribution in [1.29, 1.82) is 0 Å². The Bertz CT molecular complexity index is 583. The van der Waals surface area contributed by atoms with Crippen molar-refractivity contribution in [2.75, 3.05) is 0 Å². The van der Waals surface area contributed by atoms with Gasteiger partial charge in [0.2, 0.25) is 0 Å². The van der Waals surface area contributed by atoms with Gasteiger partial charge in [0.25, 0.3) is 0 Å². The van der Waals surface area contributed by atoms with Crippen LogP contribution in [0.1, 0.15) is 112 Å². The van der Waals surface area contributed by atoms with E-state index in [4.69, 9.17) is 0 Å². The molecule has 8 atom stereocenters. The van der Waals surface area contributed by atoms with Gasteiger partial charge in [0, 0.05) is 12.3 Å². The lowest BCUT2D eigenvalue weighted by molar-refractivity contribution is -0.199. The van der Waals surface area contributed by atoms with Crippen LogP contribution in [-0.4, -0.2) is 16.0 Å². The predicted octanol–water partition coefficient (Wildman–Crippen LogP) is 6.79. The monoisotopic (exact) mass is 404 g/mol. The van der Waals surface area contributed by atoms with Crippen LogP contribution in [0.25, 0.3) is 0 Å². The van der Waals surface area contributed by atoms with Gasteiger partial charge in [0.15, 0.2) is 5.79 Å². The molecule has 0 aromatic rings. The van der Waals surface area contributed by atoms with Gasteiger partial charge in [0.1, 0.15) is 0 Å². The SMILES string of the molecule is CC(C)C(O)(O)CC[C@@H](C)[C@H]1CC[C@H]2[C@@H]3CCC4CCCC[C@]4(C)[C@H]3CC[C@]12C. The highest BCUT2D eigenvalue weighted by Gasteiger charge is 2.60. The predicted molar refractivity (Wildman–Crippen MR) is 120 cm³/mol. The fourth-order valence-electron chi connectivity index (χ4n) is 9.20. The third-order valence-corrected chi connectivity index (χ3v) is 11.2. The normalized spacial score (nSPS) is 46.1. The molecule has 4 rings (SSSR count). The van der Waals surface area contributed by atoms with Crippen LogP contribution in [0.2, 0.25) is 0 Å². The molecule has 0 aromatic heterocycles. The Kier molecular flexibility index (Phi) is 5.95. The van der Waals surface area contributed by atoms with E-state index in [-0.39, 0.29) is 5.92 Å². The first-order chi connectivity index (χ1) is 13.6. The Morgan fingerprint density at radius 1 is 0.828 bits per heavy atom. The molecule has 0 spiro atoms. The Morgan fingerprint density at radius 3 is 2.28 bits per heavy atom. The van der Waals surface area contributed by atoms with Gasteiger partial charge < -0.3 is 10.2 Å². The molecule has 2 N–H and O–H groups in total. The molecule has 1 unspecified atom stereocenters. The van der Waals surface area contributed by atoms with E-state index >= 15 is 0 Å². The number of hydrogen-bond acceptors (Lipinski definition) is 2. The van der Waals surface area contributed by atoms with Gasteiger partial charge in [-0.25, -0.2) is 0 Å². The first-order valence-corrected chi connectivity index (χ1v) is 13.0. The van der Waals surface area contributed by atoms with Gasteiger partial charge in [-0.2, -0.15) is 0 Å². The number of hydrogen-bond donors (Lipinski definition) is 2. The summed E-state index contributed by atoms with van der Waals surface area (Å²) in [5, 5.41) is 20.7. The van der Waals surface area contributed by atoms with Crippen LogP contribution >= 0.6 is 0 Å². The van der Waals surface area contributed by atoms with E-state index in [1.165, 1.54) is 64.2 Å². The van der Waals surface area contributed by atoms with E-state index in [1.54, 1.807) is 0 Å². The van der Waals surface area contributed by atoms with Gasteiger partial charge in [-0.1, -0.05) is 47.5 Å². The van der Waals surface area contributed by atoms with E-state index in [1.807, 2.05) is 13.8 Å². The van der Waals surface area contributed by atoms with Crippen molar-refractivity contribution in [3.05, 3.63) is 0 Å². The average molecular weight is 405 g/mol. The molecule has 0 aliphatic heterocycles. The molecule has 29 heavy (non-hydrogen) atoms. The fraction of sp³-hybridized carbons (Fsp3) is 1.00. The van der Waals surface area contributed by atoms with Crippen molar-refractivity contribution in [3.8, 4) is 0 Å². The zero-order valence-electron chi connectivity index (χ0n) is 19.9. The first-order valence-electron chi connectivity index (χ1n) is 13.0. The molecule has 0 bridgehead atoms. The summed E-state index contributed by atoms with van der Waals surface area (Å²) in [5.74, 6) is 3.66. The van der Waals surface area contributed by atoms with E-state index in [9.17, 15) is 10.2 Å². The first kappa shape index (κ1) is 22.1. The lowest BCUT2D eigenvalue weighted by Crippen LogP contribution is -2.53. The zero-order chi connectivity index (χ0) is 21.0. The quantitative estimate of drug-likeness (QED) is 0.495. The Hall–Kier alpha value is -0.0800. The van der Waals surface area contributed by atoms with Crippen LogP contribution in [0.5, 0.6) is 0 Å². The summed E-state index contributed by atoms with van der Waals surface area (Å²) in [5.41, 5.74) is 1.13. The largest absolute Gasteiger partial charge is 0.365 e. The summed E-state index contributed by atoms with van der Waals surface area (Å²) in [6.45, 7) is 11.5. The van der Waals surface area contributed by atoms with Crippen LogP contribution < -0.4 is 0 Å². The third kappa shape index (κ3) is 3.63. The molecule has 4 saturated carbocycles. The van der Waals surface area contributed by atoms with Crippen molar-refractivity contribution in [2.24, 2.45) is 52.3 Å². The molecule has 4 fully saturated rings. The highest BCUT2D eigenvalue weighted by molar-refractivity contribution is 5.09. The number of rotatable bonds is 5. The molecule has 4 aliphatic carbocycles. The molecular weight excluding hydrogens is 356 g/mol. The highest BCUT2D eigenvalue weighted by Crippen LogP contribution is 2.68. The molecule has 0 radical (unpaired) electrons. The van der Waals surface area contributed by atoms with Gasteiger partial charge in [0.05, 0.1) is 0 Å². The van der Waals surface area contributed by atoms with Crippen LogP contribution in [0.4, 0.5) is 0 Å². The topological polar surface area (TPSA) is 40.5 Å². The highest BCUT2D eigenvalue weighted by atomic mass is 16.5. The maximum atomic E-state index is 10.3. The molecule has 0 heterocycles. The van der Waals surface area contributed by atoms with Crippen molar-refractivity contribution < 1.29 is 10.2 Å². The minimum absolute atomic E-state index is 0.0940. The molecule has 0 amide bonds. The van der Waals surface area contributed by atoms with Crippen LogP contribution in [-0.2, 0) is 0 Å². The van der Waals surface area contributed by atoms with E-state index in [0.29, 0.717) is 23.2 Å². The summed E-state index contributed by atoms with van der Waals surface area (Å²) in [6, 6.07) is 0. The van der Waals surface area contributed by atoms with Crippen molar-refractivity contribution in [2.45, 2.75) is 117 Å². The minimum atomic E-state index is -1.50. The summed E-state index contributed by atoms with van der Waals surface area (Å²) < 4.78 is 0. The van der Waals surface area contributed by atoms with Crippen molar-refractivity contribution in [1.82, 2.24) is 0 Å². The number of fused-ring (bicyclic) bond motifs is 5. The second-order valence-corrected chi connectivity index (χ2v) is 12.7. The standard InChI is InChI=1S/C27H48O2/c1-18(2)27(28,29)17-13-19(3)22-11-12-23-21-10-9-20-8-6-7-15-25(20,4)24(21)14-16-26(22,23)5/h18-24,28-29H,6-17H2,1-5H3/t19-,20?,21+,22-,23+,24+,25+,26-/m1/s1. The van der Waals surface area contributed by atoms with Gasteiger partial charge in [-0.05, 0) is 104 Å². The fourth-order valence-corrected chi connectivity index (χ4v) is 9.20. The lowest BCUT2D eigenvalue weighted by atomic mass is 9.44. The van der Waals surface area contributed by atoms with Crippen molar-refractivity contribution >= 4 is 0 Å². The smallest absolute Gasteiger partial charge is 0.164 e. The molecule has 2 heteroatoms. The van der Waals surface area contributed by atoms with E-state index < -0.39 is 5.79 Å². The van der Waals surface area contributed by atoms with Crippen molar-refractivity contribution in [3.63, 3.8) is 0 Å². The maximum Gasteiger partial charge on any atom is 0.164 e.